The smallest absolute Gasteiger partial charge is 0.222 e. The van der Waals surface area contributed by atoms with E-state index in [9.17, 15) is 13.2 Å². The summed E-state index contributed by atoms with van der Waals surface area (Å²) in [4.78, 5) is 13.7. The fourth-order valence-corrected chi connectivity index (χ4v) is 4.54. The van der Waals surface area contributed by atoms with E-state index in [-0.39, 0.29) is 22.8 Å². The number of sulfone groups is 1. The Morgan fingerprint density at radius 1 is 1.24 bits per heavy atom. The highest BCUT2D eigenvalue weighted by Crippen LogP contribution is 2.20. The third kappa shape index (κ3) is 4.30. The highest BCUT2D eigenvalue weighted by atomic mass is 32.2. The van der Waals surface area contributed by atoms with Crippen molar-refractivity contribution < 1.29 is 13.2 Å². The molecule has 1 aromatic rings. The highest BCUT2D eigenvalue weighted by molar-refractivity contribution is 7.92. The van der Waals surface area contributed by atoms with E-state index < -0.39 is 9.84 Å². The van der Waals surface area contributed by atoms with Crippen molar-refractivity contribution in [2.24, 2.45) is 5.92 Å². The first-order chi connectivity index (χ1) is 9.88. The minimum atomic E-state index is -3.05. The number of hydrogen-bond donors (Lipinski definition) is 0. The van der Waals surface area contributed by atoms with E-state index in [0.717, 1.165) is 5.56 Å². The SMILES string of the molecule is CC(C)CS(=O)(=O)C1CN(C(=O)CCc2ccccc2)C1. The van der Waals surface area contributed by atoms with Gasteiger partial charge in [-0.1, -0.05) is 44.2 Å². The van der Waals surface area contributed by atoms with Gasteiger partial charge in [0.05, 0.1) is 11.0 Å². The monoisotopic (exact) mass is 309 g/mol. The quantitative estimate of drug-likeness (QED) is 0.806. The Hall–Kier alpha value is -1.36. The van der Waals surface area contributed by atoms with Gasteiger partial charge >= 0.3 is 0 Å². The molecule has 1 amide bonds. The zero-order valence-corrected chi connectivity index (χ0v) is 13.5. The third-order valence-electron chi connectivity index (χ3n) is 3.74. The lowest BCUT2D eigenvalue weighted by molar-refractivity contribution is -0.134. The van der Waals surface area contributed by atoms with Crippen LogP contribution in [-0.4, -0.2) is 43.3 Å². The minimum Gasteiger partial charge on any atom is -0.340 e. The fourth-order valence-electron chi connectivity index (χ4n) is 2.52. The van der Waals surface area contributed by atoms with Crippen LogP contribution in [0.5, 0.6) is 0 Å². The largest absolute Gasteiger partial charge is 0.340 e. The summed E-state index contributed by atoms with van der Waals surface area (Å²) < 4.78 is 24.1. The normalized spacial score (nSPS) is 16.0. The molecule has 1 aliphatic heterocycles. The van der Waals surface area contributed by atoms with Gasteiger partial charge in [-0.15, -0.1) is 0 Å². The standard InChI is InChI=1S/C16H23NO3S/c1-13(2)12-21(19,20)15-10-17(11-15)16(18)9-8-14-6-4-3-5-7-14/h3-7,13,15H,8-12H2,1-2H3. The number of likely N-dealkylation sites (tertiary alicyclic amines) is 1. The second-order valence-electron chi connectivity index (χ2n) is 6.13. The Bertz CT molecular complexity index is 575. The van der Waals surface area contributed by atoms with Crippen LogP contribution in [0.1, 0.15) is 25.8 Å². The lowest BCUT2D eigenvalue weighted by Gasteiger charge is -2.39. The average molecular weight is 309 g/mol. The van der Waals surface area contributed by atoms with Gasteiger partial charge in [0.25, 0.3) is 0 Å². The summed E-state index contributed by atoms with van der Waals surface area (Å²) in [6, 6.07) is 9.86. The number of hydrogen-bond acceptors (Lipinski definition) is 3. The fraction of sp³-hybridized carbons (Fsp3) is 0.562. The number of rotatable bonds is 6. The van der Waals surface area contributed by atoms with Crippen molar-refractivity contribution in [2.45, 2.75) is 31.9 Å². The molecular weight excluding hydrogens is 286 g/mol. The molecule has 5 heteroatoms. The first kappa shape index (κ1) is 16.0. The van der Waals surface area contributed by atoms with Crippen molar-refractivity contribution in [1.82, 2.24) is 4.90 Å². The number of amides is 1. The molecule has 1 heterocycles. The highest BCUT2D eigenvalue weighted by Gasteiger charge is 2.39. The maximum absolute atomic E-state index is 12.0. The van der Waals surface area contributed by atoms with Gasteiger partial charge in [-0.05, 0) is 17.9 Å². The van der Waals surface area contributed by atoms with E-state index in [1.807, 2.05) is 44.2 Å². The predicted octanol–water partition coefficient (Wildman–Crippen LogP) is 1.90. The maximum atomic E-state index is 12.0. The molecule has 1 aromatic carbocycles. The van der Waals surface area contributed by atoms with Crippen LogP contribution < -0.4 is 0 Å². The van der Waals surface area contributed by atoms with E-state index in [4.69, 9.17) is 0 Å². The van der Waals surface area contributed by atoms with Crippen molar-refractivity contribution >= 4 is 15.7 Å². The van der Waals surface area contributed by atoms with Gasteiger partial charge in [-0.25, -0.2) is 8.42 Å². The summed E-state index contributed by atoms with van der Waals surface area (Å²) in [6.07, 6.45) is 1.15. The Morgan fingerprint density at radius 3 is 2.43 bits per heavy atom. The summed E-state index contributed by atoms with van der Waals surface area (Å²) >= 11 is 0. The molecule has 4 nitrogen and oxygen atoms in total. The summed E-state index contributed by atoms with van der Waals surface area (Å²) in [5, 5.41) is -0.361. The minimum absolute atomic E-state index is 0.0508. The maximum Gasteiger partial charge on any atom is 0.222 e. The lowest BCUT2D eigenvalue weighted by atomic mass is 10.1. The van der Waals surface area contributed by atoms with Crippen LogP contribution in [0.25, 0.3) is 0 Å². The van der Waals surface area contributed by atoms with Crippen LogP contribution >= 0.6 is 0 Å². The van der Waals surface area contributed by atoms with Crippen LogP contribution in [-0.2, 0) is 21.1 Å². The van der Waals surface area contributed by atoms with Crippen molar-refractivity contribution in [3.05, 3.63) is 35.9 Å². The molecule has 0 radical (unpaired) electrons. The average Bonchev–Trinajstić information content (AvgIpc) is 2.33. The number of carbonyl (C=O) groups excluding carboxylic acids is 1. The Labute approximate surface area is 127 Å². The van der Waals surface area contributed by atoms with Crippen molar-refractivity contribution in [1.29, 1.82) is 0 Å². The molecule has 116 valence electrons. The van der Waals surface area contributed by atoms with Crippen LogP contribution in [0.3, 0.4) is 0 Å². The van der Waals surface area contributed by atoms with E-state index >= 15 is 0 Å². The lowest BCUT2D eigenvalue weighted by Crippen LogP contribution is -2.57. The summed E-state index contributed by atoms with van der Waals surface area (Å²) in [7, 11) is -3.05. The second kappa shape index (κ2) is 6.60. The molecule has 0 saturated carbocycles. The van der Waals surface area contributed by atoms with Gasteiger partial charge in [-0.2, -0.15) is 0 Å². The van der Waals surface area contributed by atoms with Crippen molar-refractivity contribution in [3.8, 4) is 0 Å². The van der Waals surface area contributed by atoms with Gasteiger partial charge in [0.15, 0.2) is 9.84 Å². The van der Waals surface area contributed by atoms with Crippen LogP contribution in [0.4, 0.5) is 0 Å². The molecule has 0 bridgehead atoms. The second-order valence-corrected chi connectivity index (χ2v) is 8.46. The zero-order valence-electron chi connectivity index (χ0n) is 12.7. The molecule has 1 saturated heterocycles. The van der Waals surface area contributed by atoms with Gasteiger partial charge in [-0.3, -0.25) is 4.79 Å². The van der Waals surface area contributed by atoms with Gasteiger partial charge < -0.3 is 4.90 Å². The topological polar surface area (TPSA) is 54.5 Å². The number of carbonyl (C=O) groups is 1. The molecule has 1 aliphatic rings. The molecule has 0 atom stereocenters. The summed E-state index contributed by atoms with van der Waals surface area (Å²) in [5.74, 6) is 0.400. The van der Waals surface area contributed by atoms with Gasteiger partial charge in [0.2, 0.25) is 5.91 Å². The number of nitrogens with zero attached hydrogens (tertiary/aromatic N) is 1. The molecule has 1 fully saturated rings. The molecule has 21 heavy (non-hydrogen) atoms. The zero-order chi connectivity index (χ0) is 15.5. The predicted molar refractivity (Wildman–Crippen MR) is 83.8 cm³/mol. The van der Waals surface area contributed by atoms with Gasteiger partial charge in [0.1, 0.15) is 0 Å². The molecular formula is C16H23NO3S. The van der Waals surface area contributed by atoms with E-state index in [0.29, 0.717) is 25.9 Å². The van der Waals surface area contributed by atoms with Gasteiger partial charge in [0, 0.05) is 19.5 Å². The molecule has 0 unspecified atom stereocenters. The molecule has 0 aromatic heterocycles. The first-order valence-electron chi connectivity index (χ1n) is 7.42. The summed E-state index contributed by atoms with van der Waals surface area (Å²) in [5.41, 5.74) is 1.13. The van der Waals surface area contributed by atoms with E-state index in [1.165, 1.54) is 0 Å². The molecule has 2 rings (SSSR count). The Kier molecular flexibility index (Phi) is 5.04. The van der Waals surface area contributed by atoms with Crippen molar-refractivity contribution in [2.75, 3.05) is 18.8 Å². The number of benzene rings is 1. The van der Waals surface area contributed by atoms with Crippen LogP contribution in [0, 0.1) is 5.92 Å². The van der Waals surface area contributed by atoms with E-state index in [2.05, 4.69) is 0 Å². The summed E-state index contributed by atoms with van der Waals surface area (Å²) in [6.45, 7) is 4.53. The van der Waals surface area contributed by atoms with Crippen LogP contribution in [0.2, 0.25) is 0 Å². The van der Waals surface area contributed by atoms with E-state index in [1.54, 1.807) is 4.90 Å². The Balaban J connectivity index is 1.78. The molecule has 0 spiro atoms. The third-order valence-corrected chi connectivity index (χ3v) is 6.19. The first-order valence-corrected chi connectivity index (χ1v) is 9.13. The molecule has 0 aliphatic carbocycles. The van der Waals surface area contributed by atoms with Crippen LogP contribution in [0.15, 0.2) is 30.3 Å². The Morgan fingerprint density at radius 2 is 1.86 bits per heavy atom. The number of aryl methyl sites for hydroxylation is 1. The van der Waals surface area contributed by atoms with Crippen molar-refractivity contribution in [3.63, 3.8) is 0 Å². The molecule has 0 N–H and O–H groups in total.